The van der Waals surface area contributed by atoms with Gasteiger partial charge in [0.25, 0.3) is 5.91 Å². The Labute approximate surface area is 216 Å². The normalized spacial score (nSPS) is 14.5. The summed E-state index contributed by atoms with van der Waals surface area (Å²) in [6.07, 6.45) is 19.3. The molecule has 0 saturated carbocycles. The van der Waals surface area contributed by atoms with Crippen LogP contribution < -0.4 is 10.2 Å². The second kappa shape index (κ2) is 18.4. The van der Waals surface area contributed by atoms with Crippen LogP contribution in [0.15, 0.2) is 18.3 Å². The lowest BCUT2D eigenvalue weighted by atomic mass is 10.0. The largest absolute Gasteiger partial charge is 0.354 e. The molecule has 1 aliphatic rings. The van der Waals surface area contributed by atoms with Crippen molar-refractivity contribution in [3.63, 3.8) is 0 Å². The molecule has 188 valence electrons. The number of alkyl halides is 1. The van der Waals surface area contributed by atoms with Crippen molar-refractivity contribution in [1.29, 1.82) is 0 Å². The molecular formula is C27H47IN4O. The van der Waals surface area contributed by atoms with E-state index >= 15 is 0 Å². The molecule has 1 saturated heterocycles. The van der Waals surface area contributed by atoms with E-state index < -0.39 is 0 Å². The molecule has 33 heavy (non-hydrogen) atoms. The lowest BCUT2D eigenvalue weighted by Gasteiger charge is -2.34. The van der Waals surface area contributed by atoms with Crippen molar-refractivity contribution in [1.82, 2.24) is 15.2 Å². The van der Waals surface area contributed by atoms with Crippen LogP contribution in [-0.2, 0) is 0 Å². The van der Waals surface area contributed by atoms with Crippen molar-refractivity contribution in [3.8, 4) is 0 Å². The number of aromatic nitrogens is 1. The number of piperazine rings is 1. The number of halogens is 1. The van der Waals surface area contributed by atoms with Gasteiger partial charge in [0.05, 0.1) is 5.56 Å². The van der Waals surface area contributed by atoms with Crippen LogP contribution in [0.5, 0.6) is 0 Å². The maximum Gasteiger partial charge on any atom is 0.252 e. The Balaban J connectivity index is 1.43. The van der Waals surface area contributed by atoms with Gasteiger partial charge in [-0.25, -0.2) is 4.98 Å². The minimum Gasteiger partial charge on any atom is -0.354 e. The van der Waals surface area contributed by atoms with Crippen LogP contribution in [0.4, 0.5) is 5.82 Å². The van der Waals surface area contributed by atoms with E-state index in [9.17, 15) is 4.79 Å². The number of nitrogens with zero attached hydrogens (tertiary/aromatic N) is 3. The molecule has 0 unspecified atom stereocenters. The summed E-state index contributed by atoms with van der Waals surface area (Å²) < 4.78 is 1.31. The molecule has 0 bridgehead atoms. The number of carbonyl (C=O) groups is 1. The van der Waals surface area contributed by atoms with Crippen molar-refractivity contribution in [2.75, 3.05) is 48.6 Å². The van der Waals surface area contributed by atoms with E-state index in [1.165, 1.54) is 81.5 Å². The number of nitrogens with one attached hydrogen (secondary N) is 1. The third-order valence-electron chi connectivity index (χ3n) is 6.75. The number of pyridine rings is 1. The molecule has 1 aliphatic heterocycles. The Hall–Kier alpha value is -0.890. The fraction of sp³-hybridized carbons (Fsp3) is 0.778. The zero-order valence-electron chi connectivity index (χ0n) is 21.0. The number of hydrogen-bond acceptors (Lipinski definition) is 4. The molecule has 0 aliphatic carbocycles. The smallest absolute Gasteiger partial charge is 0.252 e. The molecule has 0 aromatic carbocycles. The Morgan fingerprint density at radius 2 is 1.39 bits per heavy atom. The monoisotopic (exact) mass is 570 g/mol. The molecular weight excluding hydrogens is 523 g/mol. The summed E-state index contributed by atoms with van der Waals surface area (Å²) in [5.41, 5.74) is 0.663. The van der Waals surface area contributed by atoms with E-state index in [0.29, 0.717) is 5.56 Å². The van der Waals surface area contributed by atoms with Crippen molar-refractivity contribution < 1.29 is 4.79 Å². The Morgan fingerprint density at radius 1 is 0.848 bits per heavy atom. The molecule has 0 spiro atoms. The molecule has 1 fully saturated rings. The van der Waals surface area contributed by atoms with Crippen molar-refractivity contribution in [2.45, 2.75) is 90.4 Å². The van der Waals surface area contributed by atoms with Gasteiger partial charge in [0.2, 0.25) is 0 Å². The SMILES string of the molecule is CCN1CCN(c2ccc(C(=O)NCCCCCCCCCCCCCCCI)cn2)CC1. The predicted molar refractivity (Wildman–Crippen MR) is 150 cm³/mol. The lowest BCUT2D eigenvalue weighted by Crippen LogP contribution is -2.46. The second-order valence-electron chi connectivity index (χ2n) is 9.37. The predicted octanol–water partition coefficient (Wildman–Crippen LogP) is 6.46. The van der Waals surface area contributed by atoms with Crippen LogP contribution in [0.1, 0.15) is 101 Å². The highest BCUT2D eigenvalue weighted by Crippen LogP contribution is 2.15. The number of unbranched alkanes of at least 4 members (excludes halogenated alkanes) is 12. The zero-order chi connectivity index (χ0) is 23.6. The number of carbonyl (C=O) groups excluding carboxylic acids is 1. The number of amides is 1. The maximum absolute atomic E-state index is 12.4. The average molecular weight is 571 g/mol. The Morgan fingerprint density at radius 3 is 1.88 bits per heavy atom. The van der Waals surface area contributed by atoms with Gasteiger partial charge >= 0.3 is 0 Å². The van der Waals surface area contributed by atoms with E-state index in [1.807, 2.05) is 12.1 Å². The summed E-state index contributed by atoms with van der Waals surface area (Å²) in [5.74, 6) is 0.980. The number of likely N-dealkylation sites (N-methyl/N-ethyl adjacent to an activating group) is 1. The molecule has 0 atom stereocenters. The van der Waals surface area contributed by atoms with Crippen LogP contribution in [0.25, 0.3) is 0 Å². The molecule has 2 heterocycles. The molecule has 0 radical (unpaired) electrons. The molecule has 5 nitrogen and oxygen atoms in total. The topological polar surface area (TPSA) is 48.5 Å². The Bertz CT molecular complexity index is 617. The number of hydrogen-bond donors (Lipinski definition) is 1. The highest BCUT2D eigenvalue weighted by atomic mass is 127. The van der Waals surface area contributed by atoms with Gasteiger partial charge < -0.3 is 15.1 Å². The van der Waals surface area contributed by atoms with Gasteiger partial charge in [0, 0.05) is 38.9 Å². The van der Waals surface area contributed by atoms with Crippen LogP contribution in [0.2, 0.25) is 0 Å². The first-order chi connectivity index (χ1) is 16.2. The van der Waals surface area contributed by atoms with Crippen molar-refractivity contribution >= 4 is 34.3 Å². The highest BCUT2D eigenvalue weighted by Gasteiger charge is 2.17. The Kier molecular flexibility index (Phi) is 15.8. The van der Waals surface area contributed by atoms with Gasteiger partial charge in [-0.2, -0.15) is 0 Å². The lowest BCUT2D eigenvalue weighted by molar-refractivity contribution is 0.0952. The van der Waals surface area contributed by atoms with Gasteiger partial charge in [-0.1, -0.05) is 100 Å². The summed E-state index contributed by atoms with van der Waals surface area (Å²) in [6, 6.07) is 3.90. The van der Waals surface area contributed by atoms with E-state index in [4.69, 9.17) is 0 Å². The summed E-state index contributed by atoms with van der Waals surface area (Å²) in [4.78, 5) is 21.7. The third-order valence-corrected chi connectivity index (χ3v) is 7.51. The number of rotatable bonds is 18. The van der Waals surface area contributed by atoms with Gasteiger partial charge in [-0.15, -0.1) is 0 Å². The van der Waals surface area contributed by atoms with Crippen LogP contribution in [0.3, 0.4) is 0 Å². The molecule has 1 N–H and O–H groups in total. The van der Waals surface area contributed by atoms with Crippen molar-refractivity contribution in [2.24, 2.45) is 0 Å². The quantitative estimate of drug-likeness (QED) is 0.125. The molecule has 2 rings (SSSR count). The van der Waals surface area contributed by atoms with Gasteiger partial charge in [0.1, 0.15) is 5.82 Å². The van der Waals surface area contributed by atoms with E-state index in [2.05, 4.69) is 49.6 Å². The molecule has 1 aromatic rings. The van der Waals surface area contributed by atoms with Crippen LogP contribution >= 0.6 is 22.6 Å². The number of anilines is 1. The average Bonchev–Trinajstić information content (AvgIpc) is 2.86. The van der Waals surface area contributed by atoms with Crippen LogP contribution in [-0.4, -0.2) is 59.5 Å². The van der Waals surface area contributed by atoms with Gasteiger partial charge in [-0.3, -0.25) is 4.79 Å². The highest BCUT2D eigenvalue weighted by molar-refractivity contribution is 14.1. The molecule has 1 amide bonds. The molecule has 6 heteroatoms. The second-order valence-corrected chi connectivity index (χ2v) is 10.4. The minimum atomic E-state index is -0.000790. The fourth-order valence-electron chi connectivity index (χ4n) is 4.47. The summed E-state index contributed by atoms with van der Waals surface area (Å²) in [6.45, 7) is 8.26. The third kappa shape index (κ3) is 12.4. The first-order valence-electron chi connectivity index (χ1n) is 13.5. The maximum atomic E-state index is 12.4. The van der Waals surface area contributed by atoms with Crippen molar-refractivity contribution in [3.05, 3.63) is 23.9 Å². The van der Waals surface area contributed by atoms with Crippen LogP contribution in [0, 0.1) is 0 Å². The standard InChI is InChI=1S/C27H47IN4O/c1-2-31-20-22-32(23-21-31)26-17-16-25(24-30-26)27(33)29-19-15-13-11-9-7-5-3-4-6-8-10-12-14-18-28/h16-17,24H,2-15,18-23H2,1H3,(H,29,33). The van der Waals surface area contributed by atoms with E-state index in [-0.39, 0.29) is 5.91 Å². The zero-order valence-corrected chi connectivity index (χ0v) is 23.2. The summed E-state index contributed by atoms with van der Waals surface area (Å²) in [7, 11) is 0. The minimum absolute atomic E-state index is 0.000790. The molecule has 1 aromatic heterocycles. The first kappa shape index (κ1) is 28.3. The van der Waals surface area contributed by atoms with Gasteiger partial charge in [0.15, 0.2) is 0 Å². The summed E-state index contributed by atoms with van der Waals surface area (Å²) >= 11 is 2.48. The van der Waals surface area contributed by atoms with Gasteiger partial charge in [-0.05, 0) is 35.9 Å². The first-order valence-corrected chi connectivity index (χ1v) is 15.0. The van der Waals surface area contributed by atoms with E-state index in [1.54, 1.807) is 6.20 Å². The summed E-state index contributed by atoms with van der Waals surface area (Å²) in [5, 5.41) is 3.06. The fourth-order valence-corrected chi connectivity index (χ4v) is 5.01. The van der Waals surface area contributed by atoms with E-state index in [0.717, 1.165) is 51.5 Å².